The highest BCUT2D eigenvalue weighted by atomic mass is 16.6. The lowest BCUT2D eigenvalue weighted by Crippen LogP contribution is -2.38. The highest BCUT2D eigenvalue weighted by Gasteiger charge is 2.18. The molecule has 0 heterocycles. The van der Waals surface area contributed by atoms with Crippen molar-refractivity contribution in [1.29, 1.82) is 0 Å². The third-order valence-electron chi connectivity index (χ3n) is 1.66. The minimum atomic E-state index is -0.905. The number of carbonyl (C=O) groups is 2. The van der Waals surface area contributed by atoms with E-state index >= 15 is 0 Å². The van der Waals surface area contributed by atoms with Crippen LogP contribution in [-0.2, 0) is 9.53 Å². The second-order valence-corrected chi connectivity index (χ2v) is 4.42. The maximum atomic E-state index is 11.3. The summed E-state index contributed by atoms with van der Waals surface area (Å²) in [6.07, 6.45) is 1.21. The second kappa shape index (κ2) is 9.50. The van der Waals surface area contributed by atoms with Gasteiger partial charge in [0.2, 0.25) is 0 Å². The quantitative estimate of drug-likeness (QED) is 0.744. The molecule has 5 nitrogen and oxygen atoms in total. The van der Waals surface area contributed by atoms with Gasteiger partial charge in [0.15, 0.2) is 0 Å². The van der Waals surface area contributed by atoms with Crippen molar-refractivity contribution in [2.24, 2.45) is 0 Å². The van der Waals surface area contributed by atoms with Gasteiger partial charge in [0.05, 0.1) is 6.04 Å². The van der Waals surface area contributed by atoms with Crippen molar-refractivity contribution in [3.63, 3.8) is 0 Å². The number of hydrogen-bond acceptors (Lipinski definition) is 3. The Balaban J connectivity index is 0. The topological polar surface area (TPSA) is 75.6 Å². The summed E-state index contributed by atoms with van der Waals surface area (Å²) in [6.45, 7) is 12.8. The van der Waals surface area contributed by atoms with Crippen LogP contribution in [0.4, 0.5) is 4.79 Å². The maximum absolute atomic E-state index is 11.3. The molecule has 1 unspecified atom stereocenters. The lowest BCUT2D eigenvalue weighted by atomic mass is 10.1. The summed E-state index contributed by atoms with van der Waals surface area (Å²) >= 11 is 0. The molecule has 0 aliphatic rings. The lowest BCUT2D eigenvalue weighted by molar-refractivity contribution is -0.137. The minimum Gasteiger partial charge on any atom is -0.481 e. The first-order valence-corrected chi connectivity index (χ1v) is 6.08. The van der Waals surface area contributed by atoms with Crippen molar-refractivity contribution in [2.75, 3.05) is 0 Å². The predicted octanol–water partition coefficient (Wildman–Crippen LogP) is 2.96. The number of alkyl carbamates (subject to hydrolysis) is 1. The Hall–Kier alpha value is -1.52. The van der Waals surface area contributed by atoms with Crippen molar-refractivity contribution >= 4 is 12.1 Å². The van der Waals surface area contributed by atoms with Crippen LogP contribution in [0.1, 0.15) is 47.5 Å². The molecule has 5 heteroatoms. The van der Waals surface area contributed by atoms with E-state index in [1.165, 1.54) is 6.08 Å². The zero-order valence-electron chi connectivity index (χ0n) is 11.9. The molecule has 106 valence electrons. The van der Waals surface area contributed by atoms with E-state index in [0.717, 1.165) is 0 Å². The SMILES string of the molecule is C=CC(CCC(=O)O)NC(=O)OC(C)(C)C.CC. The summed E-state index contributed by atoms with van der Waals surface area (Å²) in [4.78, 5) is 21.7. The van der Waals surface area contributed by atoms with Crippen LogP contribution in [0.15, 0.2) is 12.7 Å². The highest BCUT2D eigenvalue weighted by Crippen LogP contribution is 2.07. The van der Waals surface area contributed by atoms with Crippen LogP contribution in [0.3, 0.4) is 0 Å². The number of carbonyl (C=O) groups excluding carboxylic acids is 1. The molecule has 0 aromatic carbocycles. The van der Waals surface area contributed by atoms with Gasteiger partial charge in [-0.1, -0.05) is 19.9 Å². The molecule has 2 N–H and O–H groups in total. The standard InChI is InChI=1S/C11H19NO4.C2H6/c1-5-8(6-7-9(13)14)12-10(15)16-11(2,3)4;1-2/h5,8H,1,6-7H2,2-4H3,(H,12,15)(H,13,14);1-2H3. The van der Waals surface area contributed by atoms with Gasteiger partial charge < -0.3 is 15.2 Å². The number of aliphatic carboxylic acids is 1. The molecule has 0 bridgehead atoms. The highest BCUT2D eigenvalue weighted by molar-refractivity contribution is 5.69. The molecule has 0 saturated heterocycles. The second-order valence-electron chi connectivity index (χ2n) is 4.42. The van der Waals surface area contributed by atoms with E-state index < -0.39 is 17.7 Å². The predicted molar refractivity (Wildman–Crippen MR) is 71.6 cm³/mol. The van der Waals surface area contributed by atoms with Gasteiger partial charge in [-0.15, -0.1) is 6.58 Å². The summed E-state index contributed by atoms with van der Waals surface area (Å²) in [5.74, 6) is -0.905. The minimum absolute atomic E-state index is 0.0213. The van der Waals surface area contributed by atoms with Crippen LogP contribution in [0.25, 0.3) is 0 Å². The molecule has 0 rings (SSSR count). The van der Waals surface area contributed by atoms with Gasteiger partial charge >= 0.3 is 12.1 Å². The molecule has 0 aliphatic carbocycles. The number of carboxylic acid groups (broad SMARTS) is 1. The summed E-state index contributed by atoms with van der Waals surface area (Å²) in [7, 11) is 0. The van der Waals surface area contributed by atoms with E-state index in [1.54, 1.807) is 20.8 Å². The summed E-state index contributed by atoms with van der Waals surface area (Å²) in [5, 5.41) is 11.0. The van der Waals surface area contributed by atoms with E-state index in [9.17, 15) is 9.59 Å². The molecule has 18 heavy (non-hydrogen) atoms. The molecule has 0 saturated carbocycles. The van der Waals surface area contributed by atoms with Gasteiger partial charge in [0.1, 0.15) is 5.60 Å². The molecule has 0 fully saturated rings. The fraction of sp³-hybridized carbons (Fsp3) is 0.692. The molecule has 0 aliphatic heterocycles. The lowest BCUT2D eigenvalue weighted by Gasteiger charge is -2.22. The molecular formula is C13H25NO4. The van der Waals surface area contributed by atoms with Crippen molar-refractivity contribution in [1.82, 2.24) is 5.32 Å². The molecule has 0 aromatic rings. The van der Waals surface area contributed by atoms with E-state index in [1.807, 2.05) is 13.8 Å². The average Bonchev–Trinajstić information content (AvgIpc) is 2.24. The van der Waals surface area contributed by atoms with Crippen LogP contribution >= 0.6 is 0 Å². The Labute approximate surface area is 109 Å². The van der Waals surface area contributed by atoms with Crippen molar-refractivity contribution in [3.8, 4) is 0 Å². The Morgan fingerprint density at radius 3 is 2.22 bits per heavy atom. The van der Waals surface area contributed by atoms with Crippen LogP contribution in [0, 0.1) is 0 Å². The number of amides is 1. The van der Waals surface area contributed by atoms with E-state index in [0.29, 0.717) is 6.42 Å². The van der Waals surface area contributed by atoms with Gasteiger partial charge in [0, 0.05) is 6.42 Å². The Kier molecular flexibility index (Phi) is 9.94. The van der Waals surface area contributed by atoms with E-state index in [4.69, 9.17) is 9.84 Å². The third kappa shape index (κ3) is 12.5. The largest absolute Gasteiger partial charge is 0.481 e. The van der Waals surface area contributed by atoms with Gasteiger partial charge in [-0.05, 0) is 27.2 Å². The Bertz CT molecular complexity index is 269. The molecular weight excluding hydrogens is 234 g/mol. The number of rotatable bonds is 5. The van der Waals surface area contributed by atoms with Crippen LogP contribution < -0.4 is 5.32 Å². The van der Waals surface area contributed by atoms with E-state index in [-0.39, 0.29) is 12.5 Å². The van der Waals surface area contributed by atoms with Crippen molar-refractivity contribution in [3.05, 3.63) is 12.7 Å². The Morgan fingerprint density at radius 1 is 1.39 bits per heavy atom. The van der Waals surface area contributed by atoms with Gasteiger partial charge in [0.25, 0.3) is 0 Å². The van der Waals surface area contributed by atoms with Crippen LogP contribution in [-0.4, -0.2) is 28.8 Å². The van der Waals surface area contributed by atoms with E-state index in [2.05, 4.69) is 11.9 Å². The number of carboxylic acids is 1. The van der Waals surface area contributed by atoms with Crippen LogP contribution in [0.2, 0.25) is 0 Å². The fourth-order valence-corrected chi connectivity index (χ4v) is 0.987. The van der Waals surface area contributed by atoms with Gasteiger partial charge in [-0.25, -0.2) is 4.79 Å². The third-order valence-corrected chi connectivity index (χ3v) is 1.66. The van der Waals surface area contributed by atoms with Crippen molar-refractivity contribution < 1.29 is 19.4 Å². The zero-order chi connectivity index (χ0) is 14.8. The average molecular weight is 259 g/mol. The zero-order valence-corrected chi connectivity index (χ0v) is 11.9. The molecule has 1 atom stereocenters. The van der Waals surface area contributed by atoms with Gasteiger partial charge in [-0.3, -0.25) is 4.79 Å². The van der Waals surface area contributed by atoms with Crippen molar-refractivity contribution in [2.45, 2.75) is 59.1 Å². The monoisotopic (exact) mass is 259 g/mol. The fourth-order valence-electron chi connectivity index (χ4n) is 0.987. The smallest absolute Gasteiger partial charge is 0.408 e. The summed E-state index contributed by atoms with van der Waals surface area (Å²) < 4.78 is 5.03. The summed E-state index contributed by atoms with van der Waals surface area (Å²) in [5.41, 5.74) is -0.567. The maximum Gasteiger partial charge on any atom is 0.408 e. The van der Waals surface area contributed by atoms with Crippen LogP contribution in [0.5, 0.6) is 0 Å². The molecule has 1 amide bonds. The number of nitrogens with one attached hydrogen (secondary N) is 1. The summed E-state index contributed by atoms with van der Waals surface area (Å²) in [6, 6.07) is -0.383. The molecule has 0 spiro atoms. The Morgan fingerprint density at radius 2 is 1.89 bits per heavy atom. The normalized spacial score (nSPS) is 11.6. The van der Waals surface area contributed by atoms with Gasteiger partial charge in [-0.2, -0.15) is 0 Å². The number of ether oxygens (including phenoxy) is 1. The number of hydrogen-bond donors (Lipinski definition) is 2. The first kappa shape index (κ1) is 18.8. The molecule has 0 radical (unpaired) electrons. The molecule has 0 aromatic heterocycles. The first-order valence-electron chi connectivity index (χ1n) is 6.08. The first-order chi connectivity index (χ1) is 8.24.